The van der Waals surface area contributed by atoms with Crippen molar-refractivity contribution in [3.05, 3.63) is 35.9 Å². The second-order valence-electron chi connectivity index (χ2n) is 4.98. The number of sulfonamides is 1. The molecule has 0 aliphatic carbocycles. The standard InChI is InChI=1S/C13H20BrNO2S/c1-13(2,9-10-14)15-18(16,17)11-8-12-6-4-3-5-7-12/h3-7,15H,8-11H2,1-2H3. The molecule has 0 fully saturated rings. The van der Waals surface area contributed by atoms with E-state index in [2.05, 4.69) is 20.7 Å². The van der Waals surface area contributed by atoms with E-state index in [1.54, 1.807) is 0 Å². The molecule has 0 spiro atoms. The summed E-state index contributed by atoms with van der Waals surface area (Å²) < 4.78 is 26.7. The molecule has 0 unspecified atom stereocenters. The molecule has 0 bridgehead atoms. The Kier molecular flexibility index (Phi) is 5.82. The first-order chi connectivity index (χ1) is 8.35. The molecule has 1 rings (SSSR count). The van der Waals surface area contributed by atoms with Gasteiger partial charge in [-0.25, -0.2) is 13.1 Å². The summed E-state index contributed by atoms with van der Waals surface area (Å²) in [4.78, 5) is 0. The third-order valence-electron chi connectivity index (χ3n) is 2.65. The number of aryl methyl sites for hydroxylation is 1. The van der Waals surface area contributed by atoms with Crippen molar-refractivity contribution in [2.24, 2.45) is 0 Å². The Labute approximate surface area is 118 Å². The average molecular weight is 334 g/mol. The fourth-order valence-corrected chi connectivity index (χ4v) is 4.20. The van der Waals surface area contributed by atoms with E-state index >= 15 is 0 Å². The van der Waals surface area contributed by atoms with Crippen molar-refractivity contribution in [1.29, 1.82) is 0 Å². The maximum absolute atomic E-state index is 12.0. The molecule has 18 heavy (non-hydrogen) atoms. The monoisotopic (exact) mass is 333 g/mol. The summed E-state index contributed by atoms with van der Waals surface area (Å²) >= 11 is 3.33. The van der Waals surface area contributed by atoms with Crippen molar-refractivity contribution >= 4 is 26.0 Å². The molecule has 0 saturated carbocycles. The number of rotatable bonds is 7. The summed E-state index contributed by atoms with van der Waals surface area (Å²) in [6.45, 7) is 3.79. The van der Waals surface area contributed by atoms with Gasteiger partial charge in [-0.2, -0.15) is 0 Å². The highest BCUT2D eigenvalue weighted by Crippen LogP contribution is 2.12. The number of halogens is 1. The zero-order valence-corrected chi connectivity index (χ0v) is 13.2. The largest absolute Gasteiger partial charge is 0.212 e. The summed E-state index contributed by atoms with van der Waals surface area (Å²) in [5.41, 5.74) is 0.639. The zero-order valence-electron chi connectivity index (χ0n) is 10.8. The van der Waals surface area contributed by atoms with Gasteiger partial charge in [0.05, 0.1) is 5.75 Å². The second kappa shape index (κ2) is 6.68. The maximum atomic E-state index is 12.0. The molecule has 0 saturated heterocycles. The van der Waals surface area contributed by atoms with Gasteiger partial charge >= 0.3 is 0 Å². The molecule has 0 aliphatic heterocycles. The van der Waals surface area contributed by atoms with Crippen LogP contribution in [0.3, 0.4) is 0 Å². The predicted molar refractivity (Wildman–Crippen MR) is 79.6 cm³/mol. The smallest absolute Gasteiger partial charge is 0.212 e. The fourth-order valence-electron chi connectivity index (χ4n) is 1.66. The molecule has 0 aliphatic rings. The lowest BCUT2D eigenvalue weighted by atomic mass is 10.0. The van der Waals surface area contributed by atoms with Crippen molar-refractivity contribution in [2.75, 3.05) is 11.1 Å². The molecular weight excluding hydrogens is 314 g/mol. The van der Waals surface area contributed by atoms with Crippen molar-refractivity contribution in [3.8, 4) is 0 Å². The third-order valence-corrected chi connectivity index (χ3v) is 4.66. The van der Waals surface area contributed by atoms with Gasteiger partial charge in [0.15, 0.2) is 0 Å². The van der Waals surface area contributed by atoms with Crippen LogP contribution < -0.4 is 4.72 Å². The van der Waals surface area contributed by atoms with Gasteiger partial charge in [-0.1, -0.05) is 46.3 Å². The fraction of sp³-hybridized carbons (Fsp3) is 0.538. The van der Waals surface area contributed by atoms with Crippen LogP contribution in [-0.2, 0) is 16.4 Å². The molecule has 0 atom stereocenters. The van der Waals surface area contributed by atoms with Crippen LogP contribution in [0.4, 0.5) is 0 Å². The Morgan fingerprint density at radius 3 is 2.39 bits per heavy atom. The number of alkyl halides is 1. The summed E-state index contributed by atoms with van der Waals surface area (Å²) in [7, 11) is -3.23. The minimum Gasteiger partial charge on any atom is -0.212 e. The molecule has 1 aromatic rings. The van der Waals surface area contributed by atoms with E-state index in [4.69, 9.17) is 0 Å². The summed E-state index contributed by atoms with van der Waals surface area (Å²) in [6.07, 6.45) is 1.30. The normalized spacial score (nSPS) is 12.6. The minimum absolute atomic E-state index is 0.128. The third kappa shape index (κ3) is 5.98. The molecule has 1 aromatic carbocycles. The summed E-state index contributed by atoms with van der Waals surface area (Å²) in [5.74, 6) is 0.128. The van der Waals surface area contributed by atoms with Crippen molar-refractivity contribution in [3.63, 3.8) is 0 Å². The van der Waals surface area contributed by atoms with E-state index in [1.807, 2.05) is 44.2 Å². The van der Waals surface area contributed by atoms with E-state index in [0.717, 1.165) is 17.3 Å². The minimum atomic E-state index is -3.23. The summed E-state index contributed by atoms with van der Waals surface area (Å²) in [5, 5.41) is 0.779. The van der Waals surface area contributed by atoms with Gasteiger partial charge in [-0.15, -0.1) is 0 Å². The average Bonchev–Trinajstić information content (AvgIpc) is 2.26. The SMILES string of the molecule is CC(C)(CCBr)NS(=O)(=O)CCc1ccccc1. The topological polar surface area (TPSA) is 46.2 Å². The Bertz CT molecular complexity index is 457. The van der Waals surface area contributed by atoms with E-state index in [1.165, 1.54) is 0 Å². The van der Waals surface area contributed by atoms with Crippen LogP contribution in [0.5, 0.6) is 0 Å². The lowest BCUT2D eigenvalue weighted by Gasteiger charge is -2.25. The first-order valence-corrected chi connectivity index (χ1v) is 8.73. The van der Waals surface area contributed by atoms with Crippen LogP contribution in [0, 0.1) is 0 Å². The van der Waals surface area contributed by atoms with Crippen LogP contribution in [0.2, 0.25) is 0 Å². The van der Waals surface area contributed by atoms with E-state index in [-0.39, 0.29) is 5.75 Å². The molecule has 1 N–H and O–H groups in total. The Balaban J connectivity index is 2.55. The van der Waals surface area contributed by atoms with E-state index < -0.39 is 15.6 Å². The Morgan fingerprint density at radius 1 is 1.22 bits per heavy atom. The van der Waals surface area contributed by atoms with Gasteiger partial charge in [-0.3, -0.25) is 0 Å². The number of hydrogen-bond donors (Lipinski definition) is 1. The maximum Gasteiger partial charge on any atom is 0.212 e. The molecule has 3 nitrogen and oxygen atoms in total. The Hall–Kier alpha value is -0.390. The van der Waals surface area contributed by atoms with Gasteiger partial charge in [-0.05, 0) is 32.3 Å². The molecule has 5 heteroatoms. The highest BCUT2D eigenvalue weighted by Gasteiger charge is 2.23. The number of hydrogen-bond acceptors (Lipinski definition) is 2. The first-order valence-electron chi connectivity index (χ1n) is 5.96. The van der Waals surface area contributed by atoms with E-state index in [9.17, 15) is 8.42 Å². The van der Waals surface area contributed by atoms with Crippen molar-refractivity contribution in [1.82, 2.24) is 4.72 Å². The lowest BCUT2D eigenvalue weighted by molar-refractivity contribution is 0.443. The van der Waals surface area contributed by atoms with Crippen LogP contribution in [-0.4, -0.2) is 25.0 Å². The highest BCUT2D eigenvalue weighted by molar-refractivity contribution is 9.09. The molecule has 0 heterocycles. The van der Waals surface area contributed by atoms with Crippen LogP contribution in [0.25, 0.3) is 0 Å². The quantitative estimate of drug-likeness (QED) is 0.780. The predicted octanol–water partition coefficient (Wildman–Crippen LogP) is 2.71. The lowest BCUT2D eigenvalue weighted by Crippen LogP contribution is -2.44. The van der Waals surface area contributed by atoms with Crippen LogP contribution in [0.1, 0.15) is 25.8 Å². The van der Waals surface area contributed by atoms with Gasteiger partial charge in [0, 0.05) is 10.9 Å². The van der Waals surface area contributed by atoms with E-state index in [0.29, 0.717) is 6.42 Å². The Morgan fingerprint density at radius 2 is 1.83 bits per heavy atom. The molecule has 0 radical (unpaired) electrons. The van der Waals surface area contributed by atoms with Crippen LogP contribution in [0.15, 0.2) is 30.3 Å². The van der Waals surface area contributed by atoms with Gasteiger partial charge in [0.2, 0.25) is 10.0 Å². The molecule has 102 valence electrons. The number of nitrogens with one attached hydrogen (secondary N) is 1. The number of benzene rings is 1. The van der Waals surface area contributed by atoms with Crippen molar-refractivity contribution in [2.45, 2.75) is 32.2 Å². The molecular formula is C13H20BrNO2S. The van der Waals surface area contributed by atoms with Crippen LogP contribution >= 0.6 is 15.9 Å². The van der Waals surface area contributed by atoms with Gasteiger partial charge in [0.25, 0.3) is 0 Å². The molecule has 0 amide bonds. The highest BCUT2D eigenvalue weighted by atomic mass is 79.9. The zero-order chi connectivity index (χ0) is 13.6. The summed E-state index contributed by atoms with van der Waals surface area (Å²) in [6, 6.07) is 9.65. The van der Waals surface area contributed by atoms with Gasteiger partial charge in [0.1, 0.15) is 0 Å². The first kappa shape index (κ1) is 15.7. The molecule has 0 aromatic heterocycles. The van der Waals surface area contributed by atoms with Crippen molar-refractivity contribution < 1.29 is 8.42 Å². The second-order valence-corrected chi connectivity index (χ2v) is 7.61. The van der Waals surface area contributed by atoms with Gasteiger partial charge < -0.3 is 0 Å².